The van der Waals surface area contributed by atoms with Crippen LogP contribution >= 0.6 is 0 Å². The minimum Gasteiger partial charge on any atom is -0.445 e. The third-order valence-corrected chi connectivity index (χ3v) is 4.27. The molecule has 2 fully saturated rings. The number of aliphatic hydroxyl groups excluding tert-OH is 1. The van der Waals surface area contributed by atoms with Crippen LogP contribution in [0.2, 0.25) is 0 Å². The highest BCUT2D eigenvalue weighted by molar-refractivity contribution is 5.67. The van der Waals surface area contributed by atoms with E-state index in [9.17, 15) is 9.90 Å². The number of rotatable bonds is 4. The number of fused-ring (bicyclic) bond motifs is 1. The van der Waals surface area contributed by atoms with Crippen LogP contribution in [0.4, 0.5) is 4.79 Å². The van der Waals surface area contributed by atoms with E-state index in [-0.39, 0.29) is 24.7 Å². The summed E-state index contributed by atoms with van der Waals surface area (Å²) in [6.45, 7) is 4.29. The van der Waals surface area contributed by atoms with Crippen LogP contribution in [0.15, 0.2) is 30.3 Å². The zero-order valence-electron chi connectivity index (χ0n) is 13.4. The molecule has 0 bridgehead atoms. The summed E-state index contributed by atoms with van der Waals surface area (Å²) in [4.78, 5) is 11.8. The first-order valence-electron chi connectivity index (χ1n) is 7.93. The Bertz CT molecular complexity index is 547. The number of aliphatic hydroxyl groups is 1. The summed E-state index contributed by atoms with van der Waals surface area (Å²) in [5.74, 6) is -0.677. The van der Waals surface area contributed by atoms with E-state index in [1.54, 1.807) is 0 Å². The van der Waals surface area contributed by atoms with E-state index in [2.05, 4.69) is 5.32 Å². The first-order chi connectivity index (χ1) is 10.9. The lowest BCUT2D eigenvalue weighted by atomic mass is 10.1. The quantitative estimate of drug-likeness (QED) is 0.884. The number of carbonyl (C=O) groups is 1. The fourth-order valence-corrected chi connectivity index (χ4v) is 3.25. The molecule has 0 spiro atoms. The molecule has 126 valence electrons. The van der Waals surface area contributed by atoms with Crippen molar-refractivity contribution < 1.29 is 24.1 Å². The van der Waals surface area contributed by atoms with E-state index >= 15 is 0 Å². The van der Waals surface area contributed by atoms with Crippen molar-refractivity contribution in [2.24, 2.45) is 5.92 Å². The number of benzene rings is 1. The van der Waals surface area contributed by atoms with E-state index < -0.39 is 18.0 Å². The van der Waals surface area contributed by atoms with Crippen molar-refractivity contribution in [1.82, 2.24) is 5.32 Å². The standard InChI is InChI=1S/C17H23NO5/c1-17(2)22-14-12(8-13(19)15(14)23-17)9-18-16(20)21-10-11-6-4-3-5-7-11/h3-7,12-15,19H,8-10H2,1-2H3,(H,18,20)/t12-,13+,14-,15+/m1/s1. The lowest BCUT2D eigenvalue weighted by molar-refractivity contribution is -0.166. The summed E-state index contributed by atoms with van der Waals surface area (Å²) in [5.41, 5.74) is 0.938. The Morgan fingerprint density at radius 2 is 2.00 bits per heavy atom. The largest absolute Gasteiger partial charge is 0.445 e. The van der Waals surface area contributed by atoms with Crippen molar-refractivity contribution in [3.63, 3.8) is 0 Å². The maximum atomic E-state index is 11.8. The normalized spacial score (nSPS) is 31.6. The van der Waals surface area contributed by atoms with Crippen LogP contribution in [-0.2, 0) is 20.8 Å². The van der Waals surface area contributed by atoms with Gasteiger partial charge in [0.25, 0.3) is 0 Å². The lowest BCUT2D eigenvalue weighted by Gasteiger charge is -2.22. The zero-order valence-corrected chi connectivity index (χ0v) is 13.4. The summed E-state index contributed by atoms with van der Waals surface area (Å²) in [6.07, 6.45) is -1.00. The number of amides is 1. The third kappa shape index (κ3) is 3.83. The highest BCUT2D eigenvalue weighted by atomic mass is 16.8. The van der Waals surface area contributed by atoms with Gasteiger partial charge in [-0.1, -0.05) is 30.3 Å². The molecule has 3 rings (SSSR count). The van der Waals surface area contributed by atoms with E-state index in [1.807, 2.05) is 44.2 Å². The first kappa shape index (κ1) is 16.2. The SMILES string of the molecule is CC1(C)O[C@@H]2[C@@H](CNC(=O)OCc3ccccc3)C[C@H](O)[C@@H]2O1. The molecule has 6 nitrogen and oxygen atoms in total. The van der Waals surface area contributed by atoms with Gasteiger partial charge in [0.15, 0.2) is 5.79 Å². The summed E-state index contributed by atoms with van der Waals surface area (Å²) in [6, 6.07) is 9.51. The second kappa shape index (κ2) is 6.47. The van der Waals surface area contributed by atoms with Gasteiger partial charge in [-0.3, -0.25) is 0 Å². The highest BCUT2D eigenvalue weighted by Gasteiger charge is 2.53. The van der Waals surface area contributed by atoms with Gasteiger partial charge in [0.1, 0.15) is 12.7 Å². The topological polar surface area (TPSA) is 77.0 Å². The van der Waals surface area contributed by atoms with Crippen LogP contribution in [0, 0.1) is 5.92 Å². The molecule has 1 heterocycles. The second-order valence-electron chi connectivity index (χ2n) is 6.57. The molecular weight excluding hydrogens is 298 g/mol. The van der Waals surface area contributed by atoms with Crippen molar-refractivity contribution in [2.75, 3.05) is 6.54 Å². The average Bonchev–Trinajstić information content (AvgIpc) is 2.99. The van der Waals surface area contributed by atoms with Crippen LogP contribution in [-0.4, -0.2) is 41.8 Å². The van der Waals surface area contributed by atoms with Gasteiger partial charge in [-0.05, 0) is 25.8 Å². The van der Waals surface area contributed by atoms with E-state index in [1.165, 1.54) is 0 Å². The zero-order chi connectivity index (χ0) is 16.4. The number of hydrogen-bond acceptors (Lipinski definition) is 5. The van der Waals surface area contributed by atoms with Gasteiger partial charge < -0.3 is 24.6 Å². The molecule has 1 aromatic rings. The predicted octanol–water partition coefficient (Wildman–Crippen LogP) is 1.81. The van der Waals surface area contributed by atoms with Gasteiger partial charge in [0, 0.05) is 12.5 Å². The summed E-state index contributed by atoms with van der Waals surface area (Å²) < 4.78 is 16.7. The molecule has 0 aromatic heterocycles. The first-order valence-corrected chi connectivity index (χ1v) is 7.93. The fraction of sp³-hybridized carbons (Fsp3) is 0.588. The molecule has 2 aliphatic rings. The third-order valence-electron chi connectivity index (χ3n) is 4.27. The van der Waals surface area contributed by atoms with Gasteiger partial charge in [-0.2, -0.15) is 0 Å². The van der Waals surface area contributed by atoms with Crippen LogP contribution in [0.3, 0.4) is 0 Å². The second-order valence-corrected chi connectivity index (χ2v) is 6.57. The fourth-order valence-electron chi connectivity index (χ4n) is 3.25. The van der Waals surface area contributed by atoms with Crippen LogP contribution in [0.5, 0.6) is 0 Å². The van der Waals surface area contributed by atoms with E-state index in [0.29, 0.717) is 13.0 Å². The monoisotopic (exact) mass is 321 g/mol. The highest BCUT2D eigenvalue weighted by Crippen LogP contribution is 2.41. The Hall–Kier alpha value is -1.63. The average molecular weight is 321 g/mol. The Morgan fingerprint density at radius 1 is 1.30 bits per heavy atom. The summed E-state index contributed by atoms with van der Waals surface area (Å²) in [7, 11) is 0. The Labute approximate surface area is 135 Å². The van der Waals surface area contributed by atoms with E-state index in [0.717, 1.165) is 5.56 Å². The number of nitrogens with one attached hydrogen (secondary N) is 1. The van der Waals surface area contributed by atoms with Crippen molar-refractivity contribution in [3.8, 4) is 0 Å². The number of alkyl carbamates (subject to hydrolysis) is 1. The molecule has 1 saturated carbocycles. The van der Waals surface area contributed by atoms with Crippen molar-refractivity contribution in [1.29, 1.82) is 0 Å². The number of hydrogen-bond donors (Lipinski definition) is 2. The molecule has 0 unspecified atom stereocenters. The molecule has 1 aromatic carbocycles. The summed E-state index contributed by atoms with van der Waals surface area (Å²) >= 11 is 0. The molecule has 1 amide bonds. The molecule has 0 radical (unpaired) electrons. The van der Waals surface area contributed by atoms with Crippen molar-refractivity contribution in [3.05, 3.63) is 35.9 Å². The summed E-state index contributed by atoms with van der Waals surface area (Å²) in [5, 5.41) is 12.8. The number of ether oxygens (including phenoxy) is 3. The Balaban J connectivity index is 1.46. The predicted molar refractivity (Wildman–Crippen MR) is 82.6 cm³/mol. The molecule has 2 N–H and O–H groups in total. The Morgan fingerprint density at radius 3 is 2.74 bits per heavy atom. The van der Waals surface area contributed by atoms with Gasteiger partial charge in [0.05, 0.1) is 12.2 Å². The number of carbonyl (C=O) groups excluding carboxylic acids is 1. The smallest absolute Gasteiger partial charge is 0.407 e. The molecule has 1 aliphatic heterocycles. The van der Waals surface area contributed by atoms with Crippen LogP contribution in [0.1, 0.15) is 25.8 Å². The lowest BCUT2D eigenvalue weighted by Crippen LogP contribution is -2.35. The molecule has 4 atom stereocenters. The maximum absolute atomic E-state index is 11.8. The van der Waals surface area contributed by atoms with Gasteiger partial charge in [-0.25, -0.2) is 4.79 Å². The maximum Gasteiger partial charge on any atom is 0.407 e. The van der Waals surface area contributed by atoms with Crippen molar-refractivity contribution >= 4 is 6.09 Å². The van der Waals surface area contributed by atoms with Crippen LogP contribution < -0.4 is 5.32 Å². The van der Waals surface area contributed by atoms with Gasteiger partial charge in [-0.15, -0.1) is 0 Å². The van der Waals surface area contributed by atoms with Gasteiger partial charge in [0.2, 0.25) is 0 Å². The van der Waals surface area contributed by atoms with Gasteiger partial charge >= 0.3 is 6.09 Å². The minimum absolute atomic E-state index is 0.0149. The Kier molecular flexibility index (Phi) is 4.57. The van der Waals surface area contributed by atoms with E-state index in [4.69, 9.17) is 14.2 Å². The minimum atomic E-state index is -0.692. The molecule has 6 heteroatoms. The molecule has 1 aliphatic carbocycles. The molecular formula is C17H23NO5. The van der Waals surface area contributed by atoms with Crippen molar-refractivity contribution in [2.45, 2.75) is 51.0 Å². The molecule has 23 heavy (non-hydrogen) atoms. The molecule has 1 saturated heterocycles. The van der Waals surface area contributed by atoms with Crippen LogP contribution in [0.25, 0.3) is 0 Å².